The molecule has 0 atom stereocenters. The molecule has 2 aromatic heterocycles. The predicted octanol–water partition coefficient (Wildman–Crippen LogP) is 2.55. The van der Waals surface area contributed by atoms with Crippen LogP contribution in [0.5, 0.6) is 5.75 Å². The molecule has 8 heteroatoms. The van der Waals surface area contributed by atoms with E-state index in [0.29, 0.717) is 41.9 Å². The number of hydrogen-bond acceptors (Lipinski definition) is 6. The number of aromatic nitrogens is 4. The van der Waals surface area contributed by atoms with E-state index in [4.69, 9.17) is 9.26 Å². The Morgan fingerprint density at radius 1 is 1.29 bits per heavy atom. The van der Waals surface area contributed by atoms with Crippen LogP contribution in [0.1, 0.15) is 46.2 Å². The van der Waals surface area contributed by atoms with Gasteiger partial charge in [0.1, 0.15) is 5.75 Å². The molecular weight excluding hydrogens is 358 g/mol. The Bertz CT molecular complexity index is 1050. The van der Waals surface area contributed by atoms with E-state index in [1.54, 1.807) is 19.2 Å². The quantitative estimate of drug-likeness (QED) is 0.692. The zero-order valence-corrected chi connectivity index (χ0v) is 15.9. The Morgan fingerprint density at radius 3 is 2.89 bits per heavy atom. The largest absolute Gasteiger partial charge is 0.496 e. The predicted molar refractivity (Wildman–Crippen MR) is 99.9 cm³/mol. The Hall–Kier alpha value is -3.16. The van der Waals surface area contributed by atoms with Crippen molar-refractivity contribution in [3.8, 4) is 17.3 Å². The molecule has 3 heterocycles. The molecule has 0 radical (unpaired) electrons. The number of carbonyl (C=O) groups excluding carboxylic acids is 1. The molecule has 1 fully saturated rings. The second-order valence-corrected chi connectivity index (χ2v) is 7.31. The van der Waals surface area contributed by atoms with Gasteiger partial charge in [0.05, 0.1) is 19.2 Å². The second-order valence-electron chi connectivity index (χ2n) is 7.31. The second kappa shape index (κ2) is 6.47. The minimum atomic E-state index is -0.0536. The van der Waals surface area contributed by atoms with Gasteiger partial charge in [-0.15, -0.1) is 0 Å². The number of benzene rings is 1. The third-order valence-electron chi connectivity index (χ3n) is 5.45. The average molecular weight is 379 g/mol. The van der Waals surface area contributed by atoms with Gasteiger partial charge in [0, 0.05) is 37.2 Å². The van der Waals surface area contributed by atoms with Crippen molar-refractivity contribution in [2.45, 2.75) is 31.7 Å². The summed E-state index contributed by atoms with van der Waals surface area (Å²) in [6.45, 7) is 1.08. The Balaban J connectivity index is 1.47. The van der Waals surface area contributed by atoms with Crippen molar-refractivity contribution < 1.29 is 14.1 Å². The standard InChI is InChI=1S/C20H21N5O3/c1-24-15-9-10-25(20(26)13-5-3-4-6-16(13)27-2)11-14(15)17(22-24)19-21-18(23-28-19)12-7-8-12/h3-6,12H,7-11H2,1-2H3. The van der Waals surface area contributed by atoms with Gasteiger partial charge in [0.15, 0.2) is 11.5 Å². The zero-order chi connectivity index (χ0) is 19.3. The molecule has 1 saturated carbocycles. The van der Waals surface area contributed by atoms with E-state index < -0.39 is 0 Å². The summed E-state index contributed by atoms with van der Waals surface area (Å²) in [5.41, 5.74) is 3.32. The number of fused-ring (bicyclic) bond motifs is 1. The summed E-state index contributed by atoms with van der Waals surface area (Å²) in [5.74, 6) is 2.14. The van der Waals surface area contributed by atoms with Gasteiger partial charge in [-0.3, -0.25) is 9.48 Å². The molecule has 3 aromatic rings. The molecule has 1 aromatic carbocycles. The normalized spacial score (nSPS) is 16.1. The van der Waals surface area contributed by atoms with Crippen LogP contribution >= 0.6 is 0 Å². The van der Waals surface area contributed by atoms with Crippen LogP contribution in [0.3, 0.4) is 0 Å². The molecule has 1 amide bonds. The Morgan fingerprint density at radius 2 is 2.11 bits per heavy atom. The molecule has 8 nitrogen and oxygen atoms in total. The maximum atomic E-state index is 13.1. The lowest BCUT2D eigenvalue weighted by atomic mass is 10.0. The molecule has 5 rings (SSSR count). The fourth-order valence-corrected chi connectivity index (χ4v) is 3.77. The summed E-state index contributed by atoms with van der Waals surface area (Å²) in [6.07, 6.45) is 2.95. The molecule has 144 valence electrons. The van der Waals surface area contributed by atoms with Crippen molar-refractivity contribution in [2.24, 2.45) is 7.05 Å². The number of nitrogens with zero attached hydrogens (tertiary/aromatic N) is 5. The summed E-state index contributed by atoms with van der Waals surface area (Å²) in [5, 5.41) is 8.72. The van der Waals surface area contributed by atoms with E-state index in [1.165, 1.54) is 0 Å². The van der Waals surface area contributed by atoms with E-state index in [2.05, 4.69) is 15.2 Å². The maximum Gasteiger partial charge on any atom is 0.278 e. The number of hydrogen-bond donors (Lipinski definition) is 0. The summed E-state index contributed by atoms with van der Waals surface area (Å²) in [7, 11) is 3.49. The van der Waals surface area contributed by atoms with Crippen LogP contribution in [0.25, 0.3) is 11.6 Å². The molecule has 0 saturated heterocycles. The monoisotopic (exact) mass is 379 g/mol. The first-order valence-electron chi connectivity index (χ1n) is 9.46. The highest BCUT2D eigenvalue weighted by Gasteiger charge is 2.33. The number of ether oxygens (including phenoxy) is 1. The summed E-state index contributed by atoms with van der Waals surface area (Å²) in [6, 6.07) is 7.30. The number of para-hydroxylation sites is 1. The SMILES string of the molecule is COc1ccccc1C(=O)N1CCc2c(c(-c3nc(C4CC4)no3)nn2C)C1. The molecular formula is C20H21N5O3. The van der Waals surface area contributed by atoms with Crippen LogP contribution in [0.2, 0.25) is 0 Å². The fraction of sp³-hybridized carbons (Fsp3) is 0.400. The summed E-state index contributed by atoms with van der Waals surface area (Å²) in [4.78, 5) is 19.5. The average Bonchev–Trinajstić information content (AvgIpc) is 3.38. The first kappa shape index (κ1) is 17.0. The third-order valence-corrected chi connectivity index (χ3v) is 5.45. The smallest absolute Gasteiger partial charge is 0.278 e. The lowest BCUT2D eigenvalue weighted by Crippen LogP contribution is -2.36. The lowest BCUT2D eigenvalue weighted by molar-refractivity contribution is 0.0730. The molecule has 1 aliphatic carbocycles. The van der Waals surface area contributed by atoms with Gasteiger partial charge < -0.3 is 14.2 Å². The molecule has 0 bridgehead atoms. The highest BCUT2D eigenvalue weighted by atomic mass is 16.5. The number of carbonyl (C=O) groups is 1. The first-order chi connectivity index (χ1) is 13.7. The van der Waals surface area contributed by atoms with E-state index in [9.17, 15) is 4.79 Å². The Kier molecular flexibility index (Phi) is 3.92. The van der Waals surface area contributed by atoms with Gasteiger partial charge in [0.25, 0.3) is 11.8 Å². The first-order valence-corrected chi connectivity index (χ1v) is 9.46. The third kappa shape index (κ3) is 2.76. The van der Waals surface area contributed by atoms with Gasteiger partial charge in [-0.05, 0) is 25.0 Å². The van der Waals surface area contributed by atoms with Crippen molar-refractivity contribution in [3.05, 3.63) is 46.9 Å². The van der Waals surface area contributed by atoms with Crippen LogP contribution in [0.4, 0.5) is 0 Å². The van der Waals surface area contributed by atoms with Gasteiger partial charge >= 0.3 is 0 Å². The van der Waals surface area contributed by atoms with E-state index in [-0.39, 0.29) is 5.91 Å². The zero-order valence-electron chi connectivity index (χ0n) is 15.9. The number of amides is 1. The molecule has 2 aliphatic rings. The van der Waals surface area contributed by atoms with Gasteiger partial charge in [-0.1, -0.05) is 17.3 Å². The van der Waals surface area contributed by atoms with E-state index in [0.717, 1.165) is 36.3 Å². The van der Waals surface area contributed by atoms with E-state index in [1.807, 2.05) is 28.8 Å². The van der Waals surface area contributed by atoms with Crippen molar-refractivity contribution >= 4 is 5.91 Å². The molecule has 0 N–H and O–H groups in total. The minimum absolute atomic E-state index is 0.0536. The van der Waals surface area contributed by atoms with Crippen LogP contribution in [-0.2, 0) is 20.0 Å². The van der Waals surface area contributed by atoms with Crippen LogP contribution in [0, 0.1) is 0 Å². The lowest BCUT2D eigenvalue weighted by Gasteiger charge is -2.28. The minimum Gasteiger partial charge on any atom is -0.496 e. The summed E-state index contributed by atoms with van der Waals surface area (Å²) < 4.78 is 12.7. The summed E-state index contributed by atoms with van der Waals surface area (Å²) >= 11 is 0. The maximum absolute atomic E-state index is 13.1. The Labute approximate surface area is 162 Å². The van der Waals surface area contributed by atoms with E-state index >= 15 is 0 Å². The molecule has 1 aliphatic heterocycles. The van der Waals surface area contributed by atoms with Crippen molar-refractivity contribution in [2.75, 3.05) is 13.7 Å². The number of rotatable bonds is 4. The highest BCUT2D eigenvalue weighted by Crippen LogP contribution is 2.39. The van der Waals surface area contributed by atoms with Crippen molar-refractivity contribution in [1.82, 2.24) is 24.8 Å². The number of methoxy groups -OCH3 is 1. The number of aryl methyl sites for hydroxylation is 1. The van der Waals surface area contributed by atoms with Crippen LogP contribution in [0.15, 0.2) is 28.8 Å². The van der Waals surface area contributed by atoms with Gasteiger partial charge in [-0.2, -0.15) is 10.1 Å². The van der Waals surface area contributed by atoms with Gasteiger partial charge in [-0.25, -0.2) is 0 Å². The van der Waals surface area contributed by atoms with Gasteiger partial charge in [0.2, 0.25) is 0 Å². The van der Waals surface area contributed by atoms with Crippen LogP contribution in [-0.4, -0.2) is 44.4 Å². The van der Waals surface area contributed by atoms with Crippen molar-refractivity contribution in [3.63, 3.8) is 0 Å². The molecule has 0 unspecified atom stereocenters. The van der Waals surface area contributed by atoms with Crippen molar-refractivity contribution in [1.29, 1.82) is 0 Å². The fourth-order valence-electron chi connectivity index (χ4n) is 3.77. The van der Waals surface area contributed by atoms with Crippen LogP contribution < -0.4 is 4.74 Å². The molecule has 0 spiro atoms. The highest BCUT2D eigenvalue weighted by molar-refractivity contribution is 5.97. The molecule has 28 heavy (non-hydrogen) atoms. The topological polar surface area (TPSA) is 86.3 Å².